The molecule has 0 spiro atoms. The molecule has 4 nitrogen and oxygen atoms in total. The highest BCUT2D eigenvalue weighted by Gasteiger charge is 1.97. The lowest BCUT2D eigenvalue weighted by Crippen LogP contribution is -2.10. The maximum Gasteiger partial charge on any atom is 0.303 e. The molecule has 0 fully saturated rings. The Bertz CT molecular complexity index is 187. The van der Waals surface area contributed by atoms with E-state index in [9.17, 15) is 9.59 Å². The number of Topliss-reactive ketones (excluding diaryl/α,β-unsaturated/α-hetero) is 1. The third-order valence-electron chi connectivity index (χ3n) is 2.08. The summed E-state index contributed by atoms with van der Waals surface area (Å²) in [7, 11) is 0. The average Bonchev–Trinajstić information content (AvgIpc) is 2.18. The molecule has 0 heterocycles. The largest absolute Gasteiger partial charge is 0.481 e. The standard InChI is InChI=1S/C8H16O2.C4H8O2/c1-2-3-4-5-6-7-8(9)10;1-3(5)4(2)6/h2-7H2,1H3,(H,9,10);3,5H,1-2H3. The summed E-state index contributed by atoms with van der Waals surface area (Å²) < 4.78 is 0. The number of carboxylic acid groups (broad SMARTS) is 1. The summed E-state index contributed by atoms with van der Waals surface area (Å²) in [5, 5.41) is 16.6. The maximum atomic E-state index is 10.0. The molecule has 0 bridgehead atoms. The predicted octanol–water partition coefficient (Wildman–Crippen LogP) is 2.39. The maximum absolute atomic E-state index is 10.0. The Morgan fingerprint density at radius 2 is 1.56 bits per heavy atom. The number of hydrogen-bond acceptors (Lipinski definition) is 3. The molecule has 1 unspecified atom stereocenters. The van der Waals surface area contributed by atoms with Crippen molar-refractivity contribution < 1.29 is 19.8 Å². The second kappa shape index (κ2) is 12.2. The van der Waals surface area contributed by atoms with E-state index in [4.69, 9.17) is 10.2 Å². The number of rotatable bonds is 7. The highest BCUT2D eigenvalue weighted by atomic mass is 16.4. The Morgan fingerprint density at radius 1 is 1.12 bits per heavy atom. The van der Waals surface area contributed by atoms with Crippen molar-refractivity contribution in [2.24, 2.45) is 0 Å². The summed E-state index contributed by atoms with van der Waals surface area (Å²) in [5.74, 6) is -0.855. The first-order valence-electron chi connectivity index (χ1n) is 5.82. The van der Waals surface area contributed by atoms with Crippen molar-refractivity contribution in [2.45, 2.75) is 65.4 Å². The molecule has 96 valence electrons. The number of carbonyl (C=O) groups is 2. The number of aliphatic carboxylic acids is 1. The molecule has 4 heteroatoms. The van der Waals surface area contributed by atoms with Gasteiger partial charge in [0.2, 0.25) is 0 Å². The highest BCUT2D eigenvalue weighted by Crippen LogP contribution is 2.04. The van der Waals surface area contributed by atoms with Crippen molar-refractivity contribution in [2.75, 3.05) is 0 Å². The molecular formula is C12H24O4. The van der Waals surface area contributed by atoms with Crippen molar-refractivity contribution in [3.63, 3.8) is 0 Å². The fourth-order valence-electron chi connectivity index (χ4n) is 0.880. The lowest BCUT2D eigenvalue weighted by Gasteiger charge is -1.95. The number of aliphatic hydroxyl groups is 1. The first-order valence-corrected chi connectivity index (χ1v) is 5.82. The van der Waals surface area contributed by atoms with Crippen molar-refractivity contribution >= 4 is 11.8 Å². The molecular weight excluding hydrogens is 208 g/mol. The van der Waals surface area contributed by atoms with E-state index in [0.29, 0.717) is 6.42 Å². The molecule has 2 N–H and O–H groups in total. The first-order chi connectivity index (χ1) is 7.41. The molecule has 0 amide bonds. The zero-order chi connectivity index (χ0) is 13.0. The summed E-state index contributed by atoms with van der Waals surface area (Å²) in [4.78, 5) is 19.9. The highest BCUT2D eigenvalue weighted by molar-refractivity contribution is 5.79. The minimum Gasteiger partial charge on any atom is -0.481 e. The van der Waals surface area contributed by atoms with E-state index in [1.165, 1.54) is 33.1 Å². The van der Waals surface area contributed by atoms with Crippen molar-refractivity contribution in [1.29, 1.82) is 0 Å². The van der Waals surface area contributed by atoms with Gasteiger partial charge in [0.25, 0.3) is 0 Å². The smallest absolute Gasteiger partial charge is 0.303 e. The van der Waals surface area contributed by atoms with E-state index >= 15 is 0 Å². The van der Waals surface area contributed by atoms with Crippen LogP contribution >= 0.6 is 0 Å². The molecule has 0 rings (SSSR count). The van der Waals surface area contributed by atoms with Crippen LogP contribution in [0.25, 0.3) is 0 Å². The van der Waals surface area contributed by atoms with Crippen LogP contribution in [0.2, 0.25) is 0 Å². The molecule has 1 atom stereocenters. The zero-order valence-corrected chi connectivity index (χ0v) is 10.5. The topological polar surface area (TPSA) is 74.6 Å². The van der Waals surface area contributed by atoms with Gasteiger partial charge >= 0.3 is 5.97 Å². The quantitative estimate of drug-likeness (QED) is 0.661. The van der Waals surface area contributed by atoms with Gasteiger partial charge in [-0.3, -0.25) is 9.59 Å². The minimum atomic E-state index is -0.787. The Kier molecular flexibility index (Phi) is 13.3. The summed E-state index contributed by atoms with van der Waals surface area (Å²) >= 11 is 0. The molecule has 0 aliphatic carbocycles. The van der Waals surface area contributed by atoms with Crippen LogP contribution in [0.1, 0.15) is 59.3 Å². The lowest BCUT2D eigenvalue weighted by molar-refractivity contribution is -0.137. The van der Waals surface area contributed by atoms with E-state index in [1.807, 2.05) is 0 Å². The lowest BCUT2D eigenvalue weighted by atomic mass is 10.1. The van der Waals surface area contributed by atoms with Crippen LogP contribution in [0.3, 0.4) is 0 Å². The van der Waals surface area contributed by atoms with Crippen molar-refractivity contribution in [3.05, 3.63) is 0 Å². The molecule has 16 heavy (non-hydrogen) atoms. The van der Waals surface area contributed by atoms with Gasteiger partial charge in [-0.05, 0) is 20.3 Å². The third kappa shape index (κ3) is 18.8. The van der Waals surface area contributed by atoms with Gasteiger partial charge in [-0.15, -0.1) is 0 Å². The number of carboxylic acids is 1. The average molecular weight is 232 g/mol. The summed E-state index contributed by atoms with van der Waals surface area (Å²) in [5.41, 5.74) is 0. The number of unbranched alkanes of at least 4 members (excludes halogenated alkanes) is 4. The Balaban J connectivity index is 0. The third-order valence-corrected chi connectivity index (χ3v) is 2.08. The van der Waals surface area contributed by atoms with Crippen LogP contribution in [-0.2, 0) is 9.59 Å². The molecule has 0 saturated heterocycles. The van der Waals surface area contributed by atoms with Crippen LogP contribution < -0.4 is 0 Å². The van der Waals surface area contributed by atoms with Gasteiger partial charge in [-0.1, -0.05) is 32.6 Å². The monoisotopic (exact) mass is 232 g/mol. The summed E-state index contributed by atoms with van der Waals surface area (Å²) in [6.07, 6.45) is 5.10. The van der Waals surface area contributed by atoms with Gasteiger partial charge in [-0.25, -0.2) is 0 Å². The van der Waals surface area contributed by atoms with Gasteiger partial charge in [-0.2, -0.15) is 0 Å². The second-order valence-electron chi connectivity index (χ2n) is 3.84. The fraction of sp³-hybridized carbons (Fsp3) is 0.833. The van der Waals surface area contributed by atoms with Gasteiger partial charge in [0.1, 0.15) is 6.10 Å². The number of carbonyl (C=O) groups excluding carboxylic acids is 1. The molecule has 0 aromatic rings. The Labute approximate surface area is 97.7 Å². The van der Waals surface area contributed by atoms with E-state index in [-0.39, 0.29) is 5.78 Å². The SMILES string of the molecule is CC(=O)C(C)O.CCCCCCCC(=O)O. The molecule has 0 aromatic carbocycles. The van der Waals surface area contributed by atoms with Crippen LogP contribution in [0.5, 0.6) is 0 Å². The number of ketones is 1. The van der Waals surface area contributed by atoms with Crippen LogP contribution in [0, 0.1) is 0 Å². The van der Waals surface area contributed by atoms with Gasteiger partial charge in [0.05, 0.1) is 0 Å². The Hall–Kier alpha value is -0.900. The fourth-order valence-corrected chi connectivity index (χ4v) is 0.880. The van der Waals surface area contributed by atoms with Crippen LogP contribution in [-0.4, -0.2) is 28.1 Å². The van der Waals surface area contributed by atoms with E-state index in [0.717, 1.165) is 12.8 Å². The molecule has 0 aromatic heterocycles. The van der Waals surface area contributed by atoms with Gasteiger partial charge in [0, 0.05) is 6.42 Å². The molecule has 0 aliphatic rings. The molecule has 0 saturated carbocycles. The van der Waals surface area contributed by atoms with Gasteiger partial charge < -0.3 is 10.2 Å². The predicted molar refractivity (Wildman–Crippen MR) is 63.4 cm³/mol. The molecule has 0 aliphatic heterocycles. The zero-order valence-electron chi connectivity index (χ0n) is 10.5. The summed E-state index contributed by atoms with van der Waals surface area (Å²) in [6, 6.07) is 0. The number of aliphatic hydroxyl groups excluding tert-OH is 1. The first kappa shape index (κ1) is 17.5. The minimum absolute atomic E-state index is 0.185. The van der Waals surface area contributed by atoms with Gasteiger partial charge in [0.15, 0.2) is 5.78 Å². The molecule has 0 radical (unpaired) electrons. The van der Waals surface area contributed by atoms with Crippen molar-refractivity contribution in [3.8, 4) is 0 Å². The van der Waals surface area contributed by atoms with Crippen molar-refractivity contribution in [1.82, 2.24) is 0 Å². The normalized spacial score (nSPS) is 11.2. The van der Waals surface area contributed by atoms with E-state index in [2.05, 4.69) is 6.92 Å². The van der Waals surface area contributed by atoms with E-state index in [1.54, 1.807) is 0 Å². The van der Waals surface area contributed by atoms with Crippen LogP contribution in [0.15, 0.2) is 0 Å². The summed E-state index contributed by atoms with van der Waals surface area (Å²) in [6.45, 7) is 4.95. The number of hydrogen-bond donors (Lipinski definition) is 2. The van der Waals surface area contributed by atoms with Crippen LogP contribution in [0.4, 0.5) is 0 Å². The van der Waals surface area contributed by atoms with E-state index < -0.39 is 12.1 Å². The second-order valence-corrected chi connectivity index (χ2v) is 3.84. The Morgan fingerprint density at radius 3 is 1.88 bits per heavy atom.